The van der Waals surface area contributed by atoms with Gasteiger partial charge in [0.15, 0.2) is 0 Å². The van der Waals surface area contributed by atoms with Crippen LogP contribution in [0.25, 0.3) is 0 Å². The number of amides is 1. The minimum absolute atomic E-state index is 0.00499. The van der Waals surface area contributed by atoms with E-state index in [1.807, 2.05) is 24.3 Å². The fourth-order valence-corrected chi connectivity index (χ4v) is 2.25. The topological polar surface area (TPSA) is 81.5 Å². The highest BCUT2D eigenvalue weighted by molar-refractivity contribution is 5.91. The van der Waals surface area contributed by atoms with Gasteiger partial charge in [-0.05, 0) is 29.7 Å². The third kappa shape index (κ3) is 4.81. The van der Waals surface area contributed by atoms with E-state index >= 15 is 0 Å². The molecule has 126 valence electrons. The molecule has 0 saturated heterocycles. The fourth-order valence-electron chi connectivity index (χ4n) is 2.25. The highest BCUT2D eigenvalue weighted by atomic mass is 16.6. The Balaban J connectivity index is 1.84. The number of nitrogens with zero attached hydrogens (tertiary/aromatic N) is 1. The number of anilines is 1. The molecule has 6 heteroatoms. The van der Waals surface area contributed by atoms with Crippen LogP contribution < -0.4 is 10.1 Å². The van der Waals surface area contributed by atoms with E-state index in [-0.39, 0.29) is 24.6 Å². The summed E-state index contributed by atoms with van der Waals surface area (Å²) in [7, 11) is 0. The molecule has 0 atom stereocenters. The van der Waals surface area contributed by atoms with Gasteiger partial charge in [0, 0.05) is 17.8 Å². The molecule has 0 aliphatic carbocycles. The molecule has 24 heavy (non-hydrogen) atoms. The summed E-state index contributed by atoms with van der Waals surface area (Å²) in [6.45, 7) is 4.35. The number of carbonyl (C=O) groups excluding carboxylic acids is 1. The van der Waals surface area contributed by atoms with E-state index in [0.717, 1.165) is 11.3 Å². The second-order valence-electron chi connectivity index (χ2n) is 5.64. The van der Waals surface area contributed by atoms with Crippen molar-refractivity contribution in [2.75, 3.05) is 11.9 Å². The van der Waals surface area contributed by atoms with Gasteiger partial charge < -0.3 is 10.1 Å². The summed E-state index contributed by atoms with van der Waals surface area (Å²) in [5, 5.41) is 13.5. The summed E-state index contributed by atoms with van der Waals surface area (Å²) in [5.41, 5.74) is 1.90. The van der Waals surface area contributed by atoms with Gasteiger partial charge in [0.05, 0.1) is 18.0 Å². The van der Waals surface area contributed by atoms with Crippen molar-refractivity contribution in [1.29, 1.82) is 0 Å². The van der Waals surface area contributed by atoms with Gasteiger partial charge in [-0.2, -0.15) is 0 Å². The van der Waals surface area contributed by atoms with E-state index in [1.54, 1.807) is 0 Å². The van der Waals surface area contributed by atoms with Crippen molar-refractivity contribution < 1.29 is 14.5 Å². The zero-order valence-corrected chi connectivity index (χ0v) is 13.7. The number of hydrogen-bond acceptors (Lipinski definition) is 4. The van der Waals surface area contributed by atoms with Crippen molar-refractivity contribution in [3.05, 3.63) is 64.2 Å². The molecule has 6 nitrogen and oxygen atoms in total. The van der Waals surface area contributed by atoms with E-state index in [0.29, 0.717) is 11.7 Å². The minimum Gasteiger partial charge on any atom is -0.493 e. The van der Waals surface area contributed by atoms with Crippen LogP contribution in [-0.4, -0.2) is 17.4 Å². The van der Waals surface area contributed by atoms with Gasteiger partial charge in [-0.15, -0.1) is 0 Å². The Morgan fingerprint density at radius 3 is 2.46 bits per heavy atom. The molecular formula is C18H20N2O4. The number of nitrogens with one attached hydrogen (secondary N) is 1. The minimum atomic E-state index is -0.469. The lowest BCUT2D eigenvalue weighted by atomic mass is 10.0. The Bertz CT molecular complexity index is 711. The van der Waals surface area contributed by atoms with Gasteiger partial charge >= 0.3 is 0 Å². The van der Waals surface area contributed by atoms with Crippen molar-refractivity contribution in [2.45, 2.75) is 26.2 Å². The van der Waals surface area contributed by atoms with E-state index in [9.17, 15) is 14.9 Å². The van der Waals surface area contributed by atoms with Crippen LogP contribution in [0.3, 0.4) is 0 Å². The molecule has 0 heterocycles. The van der Waals surface area contributed by atoms with Crippen LogP contribution in [-0.2, 0) is 4.79 Å². The molecular weight excluding hydrogens is 308 g/mol. The molecule has 0 radical (unpaired) electrons. The van der Waals surface area contributed by atoms with Crippen LogP contribution in [0.4, 0.5) is 11.4 Å². The number of para-hydroxylation sites is 1. The van der Waals surface area contributed by atoms with Gasteiger partial charge in [0.2, 0.25) is 5.91 Å². The summed E-state index contributed by atoms with van der Waals surface area (Å²) in [6.07, 6.45) is 0.198. The summed E-state index contributed by atoms with van der Waals surface area (Å²) in [6, 6.07) is 13.5. The van der Waals surface area contributed by atoms with E-state index in [1.165, 1.54) is 24.3 Å². The Morgan fingerprint density at radius 1 is 1.17 bits per heavy atom. The lowest BCUT2D eigenvalue weighted by Gasteiger charge is -2.13. The van der Waals surface area contributed by atoms with Gasteiger partial charge in [0.1, 0.15) is 5.75 Å². The summed E-state index contributed by atoms with van der Waals surface area (Å²) in [5.74, 6) is 0.679. The van der Waals surface area contributed by atoms with Gasteiger partial charge in [0.25, 0.3) is 5.69 Å². The quantitative estimate of drug-likeness (QED) is 0.612. The smallest absolute Gasteiger partial charge is 0.269 e. The number of benzene rings is 2. The Hall–Kier alpha value is -2.89. The fraction of sp³-hybridized carbons (Fsp3) is 0.278. The van der Waals surface area contributed by atoms with Crippen LogP contribution >= 0.6 is 0 Å². The maximum absolute atomic E-state index is 12.0. The molecule has 2 aromatic rings. The molecule has 1 N–H and O–H groups in total. The first-order valence-electron chi connectivity index (χ1n) is 7.73. The maximum Gasteiger partial charge on any atom is 0.269 e. The highest BCUT2D eigenvalue weighted by Gasteiger charge is 2.09. The highest BCUT2D eigenvalue weighted by Crippen LogP contribution is 2.23. The summed E-state index contributed by atoms with van der Waals surface area (Å²) in [4.78, 5) is 22.1. The maximum atomic E-state index is 12.0. The molecule has 0 aliphatic heterocycles. The van der Waals surface area contributed by atoms with Gasteiger partial charge in [-0.25, -0.2) is 0 Å². The predicted octanol–water partition coefficient (Wildman–Crippen LogP) is 4.13. The Kier molecular flexibility index (Phi) is 5.89. The molecule has 0 spiro atoms. The Labute approximate surface area is 140 Å². The molecule has 2 rings (SSSR count). The average Bonchev–Trinajstić information content (AvgIpc) is 2.55. The van der Waals surface area contributed by atoms with Crippen molar-refractivity contribution in [2.24, 2.45) is 0 Å². The van der Waals surface area contributed by atoms with Crippen molar-refractivity contribution in [1.82, 2.24) is 0 Å². The first kappa shape index (κ1) is 17.5. The molecule has 0 aliphatic rings. The molecule has 0 unspecified atom stereocenters. The number of ether oxygens (including phenoxy) is 1. The number of rotatable bonds is 7. The molecule has 2 aromatic carbocycles. The third-order valence-corrected chi connectivity index (χ3v) is 3.50. The zero-order valence-electron chi connectivity index (χ0n) is 13.7. The lowest BCUT2D eigenvalue weighted by molar-refractivity contribution is -0.384. The number of nitro benzene ring substituents is 1. The van der Waals surface area contributed by atoms with Crippen LogP contribution in [0.5, 0.6) is 5.75 Å². The molecule has 0 fully saturated rings. The molecule has 0 saturated carbocycles. The van der Waals surface area contributed by atoms with Crippen LogP contribution in [0.1, 0.15) is 31.7 Å². The summed E-state index contributed by atoms with van der Waals surface area (Å²) >= 11 is 0. The average molecular weight is 328 g/mol. The second kappa shape index (κ2) is 8.10. The second-order valence-corrected chi connectivity index (χ2v) is 5.64. The van der Waals surface area contributed by atoms with E-state index < -0.39 is 4.92 Å². The number of carbonyl (C=O) groups is 1. The number of nitro groups is 1. The normalized spacial score (nSPS) is 10.5. The van der Waals surface area contributed by atoms with Gasteiger partial charge in [-0.3, -0.25) is 14.9 Å². The van der Waals surface area contributed by atoms with Crippen molar-refractivity contribution >= 4 is 17.3 Å². The molecule has 1 amide bonds. The van der Waals surface area contributed by atoms with Crippen molar-refractivity contribution in [3.63, 3.8) is 0 Å². The Morgan fingerprint density at radius 2 is 1.83 bits per heavy atom. The zero-order chi connectivity index (χ0) is 17.5. The van der Waals surface area contributed by atoms with Gasteiger partial charge in [-0.1, -0.05) is 32.0 Å². The number of non-ortho nitro benzene ring substituents is 1. The first-order valence-corrected chi connectivity index (χ1v) is 7.73. The summed E-state index contributed by atoms with van der Waals surface area (Å²) < 4.78 is 5.44. The third-order valence-electron chi connectivity index (χ3n) is 3.50. The molecule has 0 bridgehead atoms. The SMILES string of the molecule is CC(C)c1ccccc1NC(=O)CCOc1ccc([N+](=O)[O-])cc1. The van der Waals surface area contributed by atoms with Crippen molar-refractivity contribution in [3.8, 4) is 5.75 Å². The van der Waals surface area contributed by atoms with E-state index in [2.05, 4.69) is 19.2 Å². The largest absolute Gasteiger partial charge is 0.493 e. The van der Waals surface area contributed by atoms with Crippen LogP contribution in [0, 0.1) is 10.1 Å². The molecule has 0 aromatic heterocycles. The first-order chi connectivity index (χ1) is 11.5. The number of hydrogen-bond donors (Lipinski definition) is 1. The monoisotopic (exact) mass is 328 g/mol. The van der Waals surface area contributed by atoms with Crippen LogP contribution in [0.2, 0.25) is 0 Å². The predicted molar refractivity (Wildman–Crippen MR) is 92.4 cm³/mol. The lowest BCUT2D eigenvalue weighted by Crippen LogP contribution is -2.16. The van der Waals surface area contributed by atoms with E-state index in [4.69, 9.17) is 4.74 Å². The standard InChI is InChI=1S/C18H20N2O4/c1-13(2)16-5-3-4-6-17(16)19-18(21)11-12-24-15-9-7-14(8-10-15)20(22)23/h3-10,13H,11-12H2,1-2H3,(H,19,21). The van der Waals surface area contributed by atoms with Crippen LogP contribution in [0.15, 0.2) is 48.5 Å².